The average molecular weight is 269 g/mol. The topological polar surface area (TPSA) is 73.9 Å². The molecule has 0 heterocycles. The Morgan fingerprint density at radius 3 is 2.42 bits per heavy atom. The third-order valence-electron chi connectivity index (χ3n) is 2.61. The van der Waals surface area contributed by atoms with E-state index in [2.05, 4.69) is 0 Å². The molecule has 1 aromatic rings. The number of ether oxygens (including phenoxy) is 3. The van der Waals surface area contributed by atoms with Crippen molar-refractivity contribution in [2.45, 2.75) is 12.5 Å². The summed E-state index contributed by atoms with van der Waals surface area (Å²) in [6.07, 6.45) is 0.188. The van der Waals surface area contributed by atoms with E-state index in [1.807, 2.05) is 0 Å². The van der Waals surface area contributed by atoms with Crippen LogP contribution in [-0.2, 0) is 14.2 Å². The zero-order valence-corrected chi connectivity index (χ0v) is 11.4. The number of rotatable bonds is 10. The third-order valence-corrected chi connectivity index (χ3v) is 2.61. The molecule has 0 bridgehead atoms. The summed E-state index contributed by atoms with van der Waals surface area (Å²) in [5.74, 6) is 0. The monoisotopic (exact) mass is 269 g/mol. The van der Waals surface area contributed by atoms with Crippen LogP contribution in [0.2, 0.25) is 0 Å². The van der Waals surface area contributed by atoms with E-state index in [1.54, 1.807) is 31.4 Å². The van der Waals surface area contributed by atoms with E-state index in [1.165, 1.54) is 0 Å². The predicted octanol–water partition coefficient (Wildman–Crippen LogP) is 1.37. The lowest BCUT2D eigenvalue weighted by Crippen LogP contribution is -2.10. The highest BCUT2D eigenvalue weighted by molar-refractivity contribution is 5.39. The molecule has 108 valence electrons. The van der Waals surface area contributed by atoms with Crippen LogP contribution >= 0.6 is 0 Å². The lowest BCUT2D eigenvalue weighted by atomic mass is 10.1. The first-order valence-electron chi connectivity index (χ1n) is 6.42. The maximum Gasteiger partial charge on any atom is 0.102 e. The van der Waals surface area contributed by atoms with Gasteiger partial charge < -0.3 is 25.1 Å². The largest absolute Gasteiger partial charge is 0.399 e. The number of aliphatic hydroxyl groups excluding tert-OH is 1. The molecule has 3 N–H and O–H groups in total. The predicted molar refractivity (Wildman–Crippen MR) is 73.9 cm³/mol. The van der Waals surface area contributed by atoms with Crippen LogP contribution in [0.5, 0.6) is 0 Å². The van der Waals surface area contributed by atoms with E-state index < -0.39 is 6.10 Å². The van der Waals surface area contributed by atoms with Crippen LogP contribution in [0.25, 0.3) is 0 Å². The lowest BCUT2D eigenvalue weighted by Gasteiger charge is -2.12. The SMILES string of the molecule is COCCOCCCOCC(O)c1ccc(N)cc1. The Labute approximate surface area is 114 Å². The van der Waals surface area contributed by atoms with Crippen molar-refractivity contribution in [1.29, 1.82) is 0 Å². The number of nitrogen functional groups attached to an aromatic ring is 1. The quantitative estimate of drug-likeness (QED) is 0.496. The van der Waals surface area contributed by atoms with E-state index in [9.17, 15) is 5.11 Å². The highest BCUT2D eigenvalue weighted by Gasteiger charge is 2.06. The van der Waals surface area contributed by atoms with Gasteiger partial charge in [0.25, 0.3) is 0 Å². The number of hydrogen-bond acceptors (Lipinski definition) is 5. The van der Waals surface area contributed by atoms with Gasteiger partial charge in [0.1, 0.15) is 6.10 Å². The second-order valence-electron chi connectivity index (χ2n) is 4.22. The molecule has 0 saturated heterocycles. The minimum Gasteiger partial charge on any atom is -0.399 e. The second kappa shape index (κ2) is 9.75. The molecule has 0 amide bonds. The van der Waals surface area contributed by atoms with Gasteiger partial charge in [-0.15, -0.1) is 0 Å². The fraction of sp³-hybridized carbons (Fsp3) is 0.571. The summed E-state index contributed by atoms with van der Waals surface area (Å²) >= 11 is 0. The molecule has 0 saturated carbocycles. The normalized spacial score (nSPS) is 12.5. The zero-order chi connectivity index (χ0) is 13.9. The summed E-state index contributed by atoms with van der Waals surface area (Å²) < 4.78 is 15.6. The zero-order valence-electron chi connectivity index (χ0n) is 11.4. The lowest BCUT2D eigenvalue weighted by molar-refractivity contribution is 0.0182. The summed E-state index contributed by atoms with van der Waals surface area (Å²) in [7, 11) is 1.64. The van der Waals surface area contributed by atoms with Crippen molar-refractivity contribution in [3.05, 3.63) is 29.8 Å². The van der Waals surface area contributed by atoms with E-state index in [4.69, 9.17) is 19.9 Å². The Hall–Kier alpha value is -1.14. The summed E-state index contributed by atoms with van der Waals surface area (Å²) in [4.78, 5) is 0. The second-order valence-corrected chi connectivity index (χ2v) is 4.22. The molecule has 0 aliphatic heterocycles. The molecule has 1 unspecified atom stereocenters. The molecule has 0 radical (unpaired) electrons. The molecule has 0 spiro atoms. The Morgan fingerprint density at radius 1 is 1.05 bits per heavy atom. The highest BCUT2D eigenvalue weighted by Crippen LogP contribution is 2.14. The highest BCUT2D eigenvalue weighted by atomic mass is 16.5. The Kier molecular flexibility index (Phi) is 8.16. The van der Waals surface area contributed by atoms with Crippen molar-refractivity contribution >= 4 is 5.69 Å². The molecule has 0 aliphatic carbocycles. The standard InChI is InChI=1S/C14H23NO4/c1-17-9-10-18-7-2-8-19-11-14(16)12-3-5-13(15)6-4-12/h3-6,14,16H,2,7-11,15H2,1H3. The van der Waals surface area contributed by atoms with Gasteiger partial charge in [0.2, 0.25) is 0 Å². The number of nitrogens with two attached hydrogens (primary N) is 1. The first-order valence-corrected chi connectivity index (χ1v) is 6.42. The van der Waals surface area contributed by atoms with Crippen molar-refractivity contribution in [1.82, 2.24) is 0 Å². The first-order chi connectivity index (χ1) is 9.24. The van der Waals surface area contributed by atoms with Gasteiger partial charge >= 0.3 is 0 Å². The van der Waals surface area contributed by atoms with Crippen molar-refractivity contribution in [2.24, 2.45) is 0 Å². The average Bonchev–Trinajstić information content (AvgIpc) is 2.42. The maximum absolute atomic E-state index is 9.87. The molecule has 1 rings (SSSR count). The maximum atomic E-state index is 9.87. The molecule has 0 fully saturated rings. The van der Waals surface area contributed by atoms with Gasteiger partial charge in [-0.3, -0.25) is 0 Å². The molecule has 5 heteroatoms. The van der Waals surface area contributed by atoms with Crippen LogP contribution in [0.4, 0.5) is 5.69 Å². The Morgan fingerprint density at radius 2 is 1.74 bits per heavy atom. The minimum atomic E-state index is -0.616. The minimum absolute atomic E-state index is 0.280. The van der Waals surface area contributed by atoms with Gasteiger partial charge in [-0.1, -0.05) is 12.1 Å². The van der Waals surface area contributed by atoms with Crippen LogP contribution in [0, 0.1) is 0 Å². The number of benzene rings is 1. The number of anilines is 1. The summed E-state index contributed by atoms with van der Waals surface area (Å²) in [5, 5.41) is 9.87. The van der Waals surface area contributed by atoms with Crippen LogP contribution in [0.3, 0.4) is 0 Å². The summed E-state index contributed by atoms with van der Waals surface area (Å²) in [6.45, 7) is 2.70. The van der Waals surface area contributed by atoms with Crippen molar-refractivity contribution in [3.63, 3.8) is 0 Å². The van der Waals surface area contributed by atoms with E-state index in [0.29, 0.717) is 32.1 Å². The Balaban J connectivity index is 2.04. The van der Waals surface area contributed by atoms with Crippen LogP contribution in [-0.4, -0.2) is 45.3 Å². The summed E-state index contributed by atoms with van der Waals surface area (Å²) in [6, 6.07) is 7.14. The fourth-order valence-electron chi connectivity index (χ4n) is 1.52. The van der Waals surface area contributed by atoms with Gasteiger partial charge in [0.05, 0.1) is 19.8 Å². The number of methoxy groups -OCH3 is 1. The van der Waals surface area contributed by atoms with Crippen molar-refractivity contribution in [3.8, 4) is 0 Å². The van der Waals surface area contributed by atoms with Crippen LogP contribution in [0.15, 0.2) is 24.3 Å². The molecule has 1 atom stereocenters. The number of aliphatic hydroxyl groups is 1. The molecule has 5 nitrogen and oxygen atoms in total. The first kappa shape index (κ1) is 15.9. The van der Waals surface area contributed by atoms with E-state index in [-0.39, 0.29) is 6.61 Å². The van der Waals surface area contributed by atoms with Gasteiger partial charge in [-0.2, -0.15) is 0 Å². The Bertz CT molecular complexity index is 329. The van der Waals surface area contributed by atoms with Gasteiger partial charge in [-0.05, 0) is 24.1 Å². The molecule has 1 aromatic carbocycles. The molecular formula is C14H23NO4. The van der Waals surface area contributed by atoms with Crippen molar-refractivity contribution < 1.29 is 19.3 Å². The molecule has 19 heavy (non-hydrogen) atoms. The molecule has 0 aliphatic rings. The summed E-state index contributed by atoms with van der Waals surface area (Å²) in [5.41, 5.74) is 7.08. The number of hydrogen-bond donors (Lipinski definition) is 2. The van der Waals surface area contributed by atoms with Gasteiger partial charge in [0.15, 0.2) is 0 Å². The molecular weight excluding hydrogens is 246 g/mol. The molecule has 0 aromatic heterocycles. The van der Waals surface area contributed by atoms with E-state index in [0.717, 1.165) is 12.0 Å². The smallest absolute Gasteiger partial charge is 0.102 e. The van der Waals surface area contributed by atoms with Crippen molar-refractivity contribution in [2.75, 3.05) is 45.9 Å². The van der Waals surface area contributed by atoms with Crippen LogP contribution in [0.1, 0.15) is 18.1 Å². The van der Waals surface area contributed by atoms with Crippen LogP contribution < -0.4 is 5.73 Å². The van der Waals surface area contributed by atoms with Gasteiger partial charge in [0, 0.05) is 26.0 Å². The third kappa shape index (κ3) is 7.12. The van der Waals surface area contributed by atoms with Gasteiger partial charge in [-0.25, -0.2) is 0 Å². The van der Waals surface area contributed by atoms with E-state index >= 15 is 0 Å². The fourth-order valence-corrected chi connectivity index (χ4v) is 1.52.